The lowest BCUT2D eigenvalue weighted by Gasteiger charge is -2.32. The maximum Gasteiger partial charge on any atom is 0.224 e. The zero-order valence-corrected chi connectivity index (χ0v) is 20.6. The molecule has 1 aliphatic rings. The highest BCUT2D eigenvalue weighted by molar-refractivity contribution is 5.78. The van der Waals surface area contributed by atoms with Crippen LogP contribution in [0.5, 0.6) is 5.75 Å². The SMILES string of the molecule is CC[C@H](NC(=O)CCCCCNC(=O)Cc1ccccc1)[C@H]1CCc2c(ccc(OC)c2N)C1. The number of hydrogen-bond acceptors (Lipinski definition) is 4. The number of anilines is 1. The third-order valence-electron chi connectivity index (χ3n) is 6.85. The zero-order chi connectivity index (χ0) is 24.3. The molecule has 0 fully saturated rings. The largest absolute Gasteiger partial charge is 0.495 e. The van der Waals surface area contributed by atoms with Crippen molar-refractivity contribution in [2.45, 2.75) is 70.8 Å². The van der Waals surface area contributed by atoms with Gasteiger partial charge in [-0.25, -0.2) is 0 Å². The first kappa shape index (κ1) is 25.6. The van der Waals surface area contributed by atoms with Crippen LogP contribution in [0.2, 0.25) is 0 Å². The Labute approximate surface area is 203 Å². The lowest BCUT2D eigenvalue weighted by atomic mass is 9.78. The third kappa shape index (κ3) is 7.24. The van der Waals surface area contributed by atoms with Crippen molar-refractivity contribution in [2.75, 3.05) is 19.4 Å². The van der Waals surface area contributed by atoms with Gasteiger partial charge in [0.1, 0.15) is 5.75 Å². The number of nitrogen functional groups attached to an aromatic ring is 1. The molecule has 0 aliphatic heterocycles. The number of nitrogens with two attached hydrogens (primary N) is 1. The van der Waals surface area contributed by atoms with Gasteiger partial charge in [-0.05, 0) is 67.2 Å². The van der Waals surface area contributed by atoms with Gasteiger partial charge in [0.2, 0.25) is 11.8 Å². The molecule has 0 saturated heterocycles. The molecule has 6 nitrogen and oxygen atoms in total. The number of nitrogens with one attached hydrogen (secondary N) is 2. The summed E-state index contributed by atoms with van der Waals surface area (Å²) in [4.78, 5) is 24.6. The summed E-state index contributed by atoms with van der Waals surface area (Å²) in [5.74, 6) is 1.34. The number of methoxy groups -OCH3 is 1. The highest BCUT2D eigenvalue weighted by atomic mass is 16.5. The molecule has 1 aliphatic carbocycles. The molecule has 34 heavy (non-hydrogen) atoms. The van der Waals surface area contributed by atoms with Gasteiger partial charge >= 0.3 is 0 Å². The molecule has 0 spiro atoms. The highest BCUT2D eigenvalue weighted by Gasteiger charge is 2.28. The molecule has 2 aromatic rings. The molecular formula is C28H39N3O3. The molecule has 0 heterocycles. The van der Waals surface area contributed by atoms with Crippen LogP contribution in [0.15, 0.2) is 42.5 Å². The van der Waals surface area contributed by atoms with Gasteiger partial charge in [0.25, 0.3) is 0 Å². The van der Waals surface area contributed by atoms with Crippen molar-refractivity contribution in [1.29, 1.82) is 0 Å². The quantitative estimate of drug-likeness (QED) is 0.324. The van der Waals surface area contributed by atoms with E-state index in [1.165, 1.54) is 11.1 Å². The molecule has 2 aromatic carbocycles. The van der Waals surface area contributed by atoms with E-state index in [0.717, 1.165) is 61.9 Å². The lowest BCUT2D eigenvalue weighted by Crippen LogP contribution is -2.42. The number of amides is 2. The number of benzene rings is 2. The van der Waals surface area contributed by atoms with Crippen molar-refractivity contribution in [1.82, 2.24) is 10.6 Å². The van der Waals surface area contributed by atoms with Crippen molar-refractivity contribution in [2.24, 2.45) is 5.92 Å². The monoisotopic (exact) mass is 465 g/mol. The number of carbonyl (C=O) groups is 2. The average Bonchev–Trinajstić information content (AvgIpc) is 2.85. The van der Waals surface area contributed by atoms with Crippen molar-refractivity contribution in [3.63, 3.8) is 0 Å². The molecule has 6 heteroatoms. The molecule has 184 valence electrons. The molecule has 0 radical (unpaired) electrons. The second kappa shape index (κ2) is 13.0. The number of hydrogen-bond donors (Lipinski definition) is 3. The average molecular weight is 466 g/mol. The molecule has 3 rings (SSSR count). The van der Waals surface area contributed by atoms with E-state index in [1.807, 2.05) is 36.4 Å². The van der Waals surface area contributed by atoms with Crippen molar-refractivity contribution in [3.8, 4) is 5.75 Å². The molecule has 0 saturated carbocycles. The minimum atomic E-state index is 0.0454. The standard InChI is InChI=1S/C28H39N3O3/c1-3-24(22-13-15-23-21(19-22)14-16-25(34-2)28(23)29)31-26(32)12-8-5-9-17-30-27(33)18-20-10-6-4-7-11-20/h4,6-7,10-11,14,16,22,24H,3,5,8-9,12-13,15,17-19,29H2,1-2H3,(H,30,33)(H,31,32)/t22-,24-/m0/s1. The van der Waals surface area contributed by atoms with E-state index in [9.17, 15) is 9.59 Å². The maximum atomic E-state index is 12.6. The van der Waals surface area contributed by atoms with Crippen LogP contribution >= 0.6 is 0 Å². The Kier molecular flexibility index (Phi) is 9.80. The summed E-state index contributed by atoms with van der Waals surface area (Å²) in [5.41, 5.74) is 10.5. The predicted octanol–water partition coefficient (Wildman–Crippen LogP) is 4.20. The smallest absolute Gasteiger partial charge is 0.224 e. The summed E-state index contributed by atoms with van der Waals surface area (Å²) in [6.45, 7) is 2.79. The van der Waals surface area contributed by atoms with Crippen LogP contribution in [-0.2, 0) is 28.9 Å². The van der Waals surface area contributed by atoms with Crippen LogP contribution in [0, 0.1) is 5.92 Å². The summed E-state index contributed by atoms with van der Waals surface area (Å²) >= 11 is 0. The second-order valence-corrected chi connectivity index (χ2v) is 9.23. The van der Waals surface area contributed by atoms with Gasteiger partial charge in [-0.2, -0.15) is 0 Å². The molecule has 2 amide bonds. The van der Waals surface area contributed by atoms with E-state index in [-0.39, 0.29) is 17.9 Å². The Morgan fingerprint density at radius 3 is 2.62 bits per heavy atom. The summed E-state index contributed by atoms with van der Waals surface area (Å²) in [7, 11) is 1.65. The first-order chi connectivity index (χ1) is 16.5. The van der Waals surface area contributed by atoms with Gasteiger partial charge in [-0.1, -0.05) is 49.7 Å². The zero-order valence-electron chi connectivity index (χ0n) is 20.6. The van der Waals surface area contributed by atoms with Crippen molar-refractivity contribution < 1.29 is 14.3 Å². The Morgan fingerprint density at radius 2 is 1.88 bits per heavy atom. The summed E-state index contributed by atoms with van der Waals surface area (Å²) < 4.78 is 5.35. The Hall–Kier alpha value is -3.02. The normalized spacial score (nSPS) is 15.8. The van der Waals surface area contributed by atoms with E-state index in [0.29, 0.717) is 25.3 Å². The molecular weight excluding hydrogens is 426 g/mol. The molecule has 4 N–H and O–H groups in total. The topological polar surface area (TPSA) is 93.5 Å². The van der Waals surface area contributed by atoms with E-state index in [1.54, 1.807) is 7.11 Å². The van der Waals surface area contributed by atoms with Gasteiger partial charge in [0, 0.05) is 19.0 Å². The molecule has 0 unspecified atom stereocenters. The van der Waals surface area contributed by atoms with Gasteiger partial charge in [-0.3, -0.25) is 9.59 Å². The molecule has 0 aromatic heterocycles. The lowest BCUT2D eigenvalue weighted by molar-refractivity contribution is -0.122. The van der Waals surface area contributed by atoms with Crippen LogP contribution in [0.3, 0.4) is 0 Å². The van der Waals surface area contributed by atoms with Gasteiger partial charge in [0.05, 0.1) is 19.2 Å². The van der Waals surface area contributed by atoms with Crippen LogP contribution in [0.1, 0.15) is 62.1 Å². The minimum Gasteiger partial charge on any atom is -0.495 e. The maximum absolute atomic E-state index is 12.6. The second-order valence-electron chi connectivity index (χ2n) is 9.23. The fourth-order valence-electron chi connectivity index (χ4n) is 4.90. The van der Waals surface area contributed by atoms with Gasteiger partial charge < -0.3 is 21.1 Å². The summed E-state index contributed by atoms with van der Waals surface area (Å²) in [5, 5.41) is 6.24. The number of ether oxygens (including phenoxy) is 1. The third-order valence-corrected chi connectivity index (χ3v) is 6.85. The van der Waals surface area contributed by atoms with E-state index in [4.69, 9.17) is 10.5 Å². The Balaban J connectivity index is 1.34. The van der Waals surface area contributed by atoms with Crippen LogP contribution in [0.25, 0.3) is 0 Å². The summed E-state index contributed by atoms with van der Waals surface area (Å²) in [6.07, 6.45) is 7.38. The minimum absolute atomic E-state index is 0.0454. The Bertz CT molecular complexity index is 945. The first-order valence-corrected chi connectivity index (χ1v) is 12.6. The molecule has 2 atom stereocenters. The highest BCUT2D eigenvalue weighted by Crippen LogP contribution is 2.36. The number of rotatable bonds is 12. The van der Waals surface area contributed by atoms with Crippen LogP contribution < -0.4 is 21.1 Å². The fourth-order valence-corrected chi connectivity index (χ4v) is 4.90. The molecule has 0 bridgehead atoms. The number of unbranched alkanes of at least 4 members (excludes halogenated alkanes) is 2. The van der Waals surface area contributed by atoms with E-state index < -0.39 is 0 Å². The first-order valence-electron chi connectivity index (χ1n) is 12.6. The fraction of sp³-hybridized carbons (Fsp3) is 0.500. The summed E-state index contributed by atoms with van der Waals surface area (Å²) in [6, 6.07) is 14.0. The van der Waals surface area contributed by atoms with Crippen LogP contribution in [-0.4, -0.2) is 31.5 Å². The Morgan fingerprint density at radius 1 is 1.09 bits per heavy atom. The van der Waals surface area contributed by atoms with Gasteiger partial charge in [-0.15, -0.1) is 0 Å². The van der Waals surface area contributed by atoms with E-state index >= 15 is 0 Å². The van der Waals surface area contributed by atoms with E-state index in [2.05, 4.69) is 23.6 Å². The number of carbonyl (C=O) groups excluding carboxylic acids is 2. The predicted molar refractivity (Wildman–Crippen MR) is 137 cm³/mol. The van der Waals surface area contributed by atoms with Gasteiger partial charge in [0.15, 0.2) is 0 Å². The van der Waals surface area contributed by atoms with Crippen molar-refractivity contribution >= 4 is 17.5 Å². The van der Waals surface area contributed by atoms with Crippen molar-refractivity contribution in [3.05, 3.63) is 59.2 Å². The number of fused-ring (bicyclic) bond motifs is 1. The van der Waals surface area contributed by atoms with Crippen LogP contribution in [0.4, 0.5) is 5.69 Å².